The summed E-state index contributed by atoms with van der Waals surface area (Å²) < 4.78 is 0. The monoisotopic (exact) mass is 304 g/mol. The second-order valence-electron chi connectivity index (χ2n) is 4.22. The van der Waals surface area contributed by atoms with Gasteiger partial charge in [-0.2, -0.15) is 0 Å². The third-order valence-electron chi connectivity index (χ3n) is 2.89. The highest BCUT2D eigenvalue weighted by molar-refractivity contribution is 7.98. The summed E-state index contributed by atoms with van der Waals surface area (Å²) in [7, 11) is 1.84. The van der Waals surface area contributed by atoms with Crippen LogP contribution in [0.25, 0.3) is 11.0 Å². The smallest absolute Gasteiger partial charge is 0.166 e. The lowest BCUT2D eigenvalue weighted by Crippen LogP contribution is -1.96. The molecule has 102 valence electrons. The zero-order chi connectivity index (χ0) is 13.9. The molecule has 0 atom stereocenters. The number of nitrogens with one attached hydrogen (secondary N) is 2. The highest BCUT2D eigenvalue weighted by Gasteiger charge is 2.07. The molecule has 0 amide bonds. The number of hydrogen-bond acceptors (Lipinski definition) is 4. The predicted molar refractivity (Wildman–Crippen MR) is 84.4 cm³/mol. The number of fused-ring (bicyclic) bond motifs is 1. The van der Waals surface area contributed by atoms with Gasteiger partial charge in [0.2, 0.25) is 0 Å². The quantitative estimate of drug-likeness (QED) is 0.717. The van der Waals surface area contributed by atoms with Crippen molar-refractivity contribution < 1.29 is 0 Å². The normalized spacial score (nSPS) is 10.9. The van der Waals surface area contributed by atoms with Gasteiger partial charge in [0.1, 0.15) is 5.82 Å². The molecule has 0 aliphatic heterocycles. The summed E-state index contributed by atoms with van der Waals surface area (Å²) in [5.74, 6) is 1.49. The number of rotatable bonds is 4. The molecule has 20 heavy (non-hydrogen) atoms. The lowest BCUT2D eigenvalue weighted by molar-refractivity contribution is 1.07. The number of thioether (sulfide) groups is 1. The van der Waals surface area contributed by atoms with E-state index in [1.165, 1.54) is 0 Å². The first-order valence-electron chi connectivity index (χ1n) is 6.17. The van der Waals surface area contributed by atoms with E-state index in [9.17, 15) is 0 Å². The lowest BCUT2D eigenvalue weighted by Gasteiger charge is -2.05. The van der Waals surface area contributed by atoms with Crippen molar-refractivity contribution in [3.63, 3.8) is 0 Å². The van der Waals surface area contributed by atoms with E-state index >= 15 is 0 Å². The van der Waals surface area contributed by atoms with E-state index in [1.807, 2.05) is 43.4 Å². The zero-order valence-electron chi connectivity index (χ0n) is 10.9. The molecule has 0 unspecified atom stereocenters. The molecule has 2 aromatic heterocycles. The van der Waals surface area contributed by atoms with Gasteiger partial charge in [0.15, 0.2) is 5.16 Å². The summed E-state index contributed by atoms with van der Waals surface area (Å²) >= 11 is 7.76. The van der Waals surface area contributed by atoms with Gasteiger partial charge < -0.3 is 10.3 Å². The molecule has 1 aromatic carbocycles. The van der Waals surface area contributed by atoms with Crippen LogP contribution in [-0.2, 0) is 5.75 Å². The number of pyridine rings is 1. The predicted octanol–water partition coefficient (Wildman–Crippen LogP) is 3.95. The Kier molecular flexibility index (Phi) is 3.80. The molecule has 2 N–H and O–H groups in total. The van der Waals surface area contributed by atoms with Crippen molar-refractivity contribution in [1.29, 1.82) is 0 Å². The van der Waals surface area contributed by atoms with Crippen molar-refractivity contribution in [3.8, 4) is 0 Å². The first kappa shape index (κ1) is 13.3. The molecule has 0 spiro atoms. The number of nitrogens with zero attached hydrogens (tertiary/aromatic N) is 2. The van der Waals surface area contributed by atoms with Crippen LogP contribution in [0.2, 0.25) is 5.02 Å². The van der Waals surface area contributed by atoms with Crippen LogP contribution in [0.4, 0.5) is 5.82 Å². The largest absolute Gasteiger partial charge is 0.373 e. The van der Waals surface area contributed by atoms with Crippen LogP contribution in [0.1, 0.15) is 5.69 Å². The molecule has 2 heterocycles. The van der Waals surface area contributed by atoms with Crippen molar-refractivity contribution in [2.45, 2.75) is 10.9 Å². The summed E-state index contributed by atoms with van der Waals surface area (Å²) in [5.41, 5.74) is 2.86. The third-order valence-corrected chi connectivity index (χ3v) is 4.12. The number of H-pyrrole nitrogens is 1. The maximum absolute atomic E-state index is 6.16. The number of halogens is 1. The van der Waals surface area contributed by atoms with Crippen LogP contribution in [-0.4, -0.2) is 22.0 Å². The Bertz CT molecular complexity index is 708. The molecule has 0 aliphatic rings. The molecule has 0 saturated carbocycles. The maximum Gasteiger partial charge on any atom is 0.166 e. The number of hydrogen-bond donors (Lipinski definition) is 2. The van der Waals surface area contributed by atoms with Crippen molar-refractivity contribution in [3.05, 3.63) is 47.1 Å². The minimum Gasteiger partial charge on any atom is -0.373 e. The van der Waals surface area contributed by atoms with Crippen molar-refractivity contribution >= 4 is 40.2 Å². The van der Waals surface area contributed by atoms with Gasteiger partial charge in [0.25, 0.3) is 0 Å². The van der Waals surface area contributed by atoms with E-state index in [0.717, 1.165) is 27.7 Å². The average Bonchev–Trinajstić information content (AvgIpc) is 2.89. The number of imidazole rings is 1. The van der Waals surface area contributed by atoms with Gasteiger partial charge in [0.05, 0.1) is 21.7 Å². The fourth-order valence-electron chi connectivity index (χ4n) is 1.86. The fraction of sp³-hybridized carbons (Fsp3) is 0.143. The molecule has 4 nitrogen and oxygen atoms in total. The molecule has 0 bridgehead atoms. The van der Waals surface area contributed by atoms with Crippen LogP contribution in [0.15, 0.2) is 41.6 Å². The zero-order valence-corrected chi connectivity index (χ0v) is 12.4. The average molecular weight is 305 g/mol. The van der Waals surface area contributed by atoms with E-state index in [2.05, 4.69) is 20.3 Å². The van der Waals surface area contributed by atoms with Gasteiger partial charge in [0, 0.05) is 12.8 Å². The Hall–Kier alpha value is -1.72. The van der Waals surface area contributed by atoms with Crippen molar-refractivity contribution in [2.75, 3.05) is 12.4 Å². The lowest BCUT2D eigenvalue weighted by atomic mass is 10.3. The van der Waals surface area contributed by atoms with E-state index in [1.54, 1.807) is 11.8 Å². The van der Waals surface area contributed by atoms with Crippen molar-refractivity contribution in [1.82, 2.24) is 15.0 Å². The van der Waals surface area contributed by atoms with Crippen LogP contribution in [0, 0.1) is 0 Å². The summed E-state index contributed by atoms with van der Waals surface area (Å²) in [6, 6.07) is 11.7. The minimum atomic E-state index is 0.674. The first-order chi connectivity index (χ1) is 9.76. The molecule has 3 aromatic rings. The van der Waals surface area contributed by atoms with E-state index in [-0.39, 0.29) is 0 Å². The second-order valence-corrected chi connectivity index (χ2v) is 5.59. The highest BCUT2D eigenvalue weighted by Crippen LogP contribution is 2.26. The molecule has 0 radical (unpaired) electrons. The SMILES string of the molecule is CNc1ccc(Cl)c(CSc2nc3ccccc3[nH]2)n1. The van der Waals surface area contributed by atoms with Gasteiger partial charge in [-0.05, 0) is 24.3 Å². The van der Waals surface area contributed by atoms with Crippen LogP contribution < -0.4 is 5.32 Å². The number of aromatic amines is 1. The van der Waals surface area contributed by atoms with Crippen LogP contribution in [0.5, 0.6) is 0 Å². The first-order valence-corrected chi connectivity index (χ1v) is 7.53. The van der Waals surface area contributed by atoms with Gasteiger partial charge in [-0.3, -0.25) is 0 Å². The number of aromatic nitrogens is 3. The molecule has 0 aliphatic carbocycles. The summed E-state index contributed by atoms with van der Waals surface area (Å²) in [6.07, 6.45) is 0. The summed E-state index contributed by atoms with van der Waals surface area (Å²) in [5, 5.41) is 4.56. The topological polar surface area (TPSA) is 53.6 Å². The molecular weight excluding hydrogens is 292 g/mol. The summed E-state index contributed by atoms with van der Waals surface area (Å²) in [6.45, 7) is 0. The van der Waals surface area contributed by atoms with Gasteiger partial charge in [-0.15, -0.1) is 0 Å². The van der Waals surface area contributed by atoms with Gasteiger partial charge >= 0.3 is 0 Å². The Morgan fingerprint density at radius 2 is 2.05 bits per heavy atom. The van der Waals surface area contributed by atoms with Crippen molar-refractivity contribution in [2.24, 2.45) is 0 Å². The molecule has 0 fully saturated rings. The Labute approximate surface area is 126 Å². The Morgan fingerprint density at radius 1 is 1.20 bits per heavy atom. The fourth-order valence-corrected chi connectivity index (χ4v) is 2.95. The Morgan fingerprint density at radius 3 is 2.85 bits per heavy atom. The number of benzene rings is 1. The standard InChI is InChI=1S/C14H13ClN4S/c1-16-13-7-6-9(15)12(17-13)8-20-14-18-10-4-2-3-5-11(10)19-14/h2-7H,8H2,1H3,(H,16,17)(H,18,19). The third kappa shape index (κ3) is 2.73. The van der Waals surface area contributed by atoms with Crippen LogP contribution in [0.3, 0.4) is 0 Å². The van der Waals surface area contributed by atoms with Gasteiger partial charge in [-0.1, -0.05) is 35.5 Å². The molecule has 0 saturated heterocycles. The second kappa shape index (κ2) is 5.73. The van der Waals surface area contributed by atoms with Crippen LogP contribution >= 0.6 is 23.4 Å². The minimum absolute atomic E-state index is 0.674. The molecule has 3 rings (SSSR count). The number of anilines is 1. The van der Waals surface area contributed by atoms with Gasteiger partial charge in [-0.25, -0.2) is 9.97 Å². The maximum atomic E-state index is 6.16. The Balaban J connectivity index is 1.79. The molecule has 6 heteroatoms. The highest BCUT2D eigenvalue weighted by atomic mass is 35.5. The summed E-state index contributed by atoms with van der Waals surface area (Å²) in [4.78, 5) is 12.3. The molecular formula is C14H13ClN4S. The van der Waals surface area contributed by atoms with E-state index in [0.29, 0.717) is 10.8 Å². The number of para-hydroxylation sites is 2. The van der Waals surface area contributed by atoms with E-state index < -0.39 is 0 Å². The van der Waals surface area contributed by atoms with E-state index in [4.69, 9.17) is 11.6 Å².